The van der Waals surface area contributed by atoms with Gasteiger partial charge in [0.2, 0.25) is 0 Å². The Balaban J connectivity index is 2.09. The van der Waals surface area contributed by atoms with E-state index in [1.165, 1.54) is 7.11 Å². The molecule has 2 unspecified atom stereocenters. The van der Waals surface area contributed by atoms with E-state index in [0.29, 0.717) is 18.6 Å². The van der Waals surface area contributed by atoms with E-state index in [4.69, 9.17) is 4.74 Å². The van der Waals surface area contributed by atoms with Crippen LogP contribution in [0, 0.1) is 5.92 Å². The molecule has 2 atom stereocenters. The van der Waals surface area contributed by atoms with Gasteiger partial charge in [0, 0.05) is 24.9 Å². The van der Waals surface area contributed by atoms with Crippen molar-refractivity contribution in [2.45, 2.75) is 37.8 Å². The first-order valence-corrected chi connectivity index (χ1v) is 5.43. The summed E-state index contributed by atoms with van der Waals surface area (Å²) in [7, 11) is 3.48. The fourth-order valence-corrected chi connectivity index (χ4v) is 2.81. The maximum Gasteiger partial charge on any atom is 0.308 e. The Labute approximate surface area is 89.6 Å². The average molecular weight is 211 g/mol. The molecule has 2 aliphatic rings. The highest BCUT2D eigenvalue weighted by Crippen LogP contribution is 2.34. The Morgan fingerprint density at radius 2 is 1.87 bits per heavy atom. The number of hydrogen-bond donors (Lipinski definition) is 0. The minimum Gasteiger partial charge on any atom is -0.469 e. The molecule has 0 aromatic rings. The highest BCUT2D eigenvalue weighted by Gasteiger charge is 2.41. The SMILES string of the molecule is COC(=O)C1CC2CC(=O)CC(C1)N2C. The standard InChI is InChI=1S/C11H17NO3/c1-12-8-3-7(11(14)15-2)4-9(12)6-10(13)5-8/h7-9H,3-6H2,1-2H3. The molecule has 15 heavy (non-hydrogen) atoms. The van der Waals surface area contributed by atoms with E-state index in [0.717, 1.165) is 12.8 Å². The third-order valence-corrected chi connectivity index (χ3v) is 3.73. The minimum atomic E-state index is -0.118. The predicted molar refractivity (Wildman–Crippen MR) is 54.3 cm³/mol. The lowest BCUT2D eigenvalue weighted by Gasteiger charge is -2.45. The van der Waals surface area contributed by atoms with Crippen molar-refractivity contribution in [2.75, 3.05) is 14.2 Å². The Kier molecular flexibility index (Phi) is 2.78. The molecule has 2 heterocycles. The van der Waals surface area contributed by atoms with Gasteiger partial charge in [0.15, 0.2) is 0 Å². The van der Waals surface area contributed by atoms with Crippen molar-refractivity contribution in [1.29, 1.82) is 0 Å². The van der Waals surface area contributed by atoms with Gasteiger partial charge in [-0.25, -0.2) is 0 Å². The molecule has 2 fully saturated rings. The third-order valence-electron chi connectivity index (χ3n) is 3.73. The van der Waals surface area contributed by atoms with Crippen molar-refractivity contribution in [3.8, 4) is 0 Å². The van der Waals surface area contributed by atoms with E-state index in [9.17, 15) is 9.59 Å². The molecular formula is C11H17NO3. The highest BCUT2D eigenvalue weighted by molar-refractivity contribution is 5.81. The first-order chi connectivity index (χ1) is 7.11. The molecule has 0 spiro atoms. The molecular weight excluding hydrogens is 194 g/mol. The van der Waals surface area contributed by atoms with Crippen LogP contribution in [0.3, 0.4) is 0 Å². The molecule has 2 saturated heterocycles. The summed E-state index contributed by atoms with van der Waals surface area (Å²) in [6.07, 6.45) is 2.73. The van der Waals surface area contributed by atoms with Gasteiger partial charge >= 0.3 is 5.97 Å². The van der Waals surface area contributed by atoms with Crippen molar-refractivity contribution < 1.29 is 14.3 Å². The number of methoxy groups -OCH3 is 1. The topological polar surface area (TPSA) is 46.6 Å². The molecule has 84 valence electrons. The number of esters is 1. The Hall–Kier alpha value is -0.900. The summed E-state index contributed by atoms with van der Waals surface area (Å²) in [4.78, 5) is 25.1. The summed E-state index contributed by atoms with van der Waals surface area (Å²) >= 11 is 0. The Morgan fingerprint density at radius 1 is 1.33 bits per heavy atom. The summed E-state index contributed by atoms with van der Waals surface area (Å²) < 4.78 is 4.77. The monoisotopic (exact) mass is 211 g/mol. The van der Waals surface area contributed by atoms with Crippen LogP contribution in [0.2, 0.25) is 0 Å². The van der Waals surface area contributed by atoms with Crippen LogP contribution in [-0.2, 0) is 14.3 Å². The Morgan fingerprint density at radius 3 is 2.33 bits per heavy atom. The summed E-state index contributed by atoms with van der Waals surface area (Å²) in [5.74, 6) is 0.216. The normalized spacial score (nSPS) is 36.4. The zero-order chi connectivity index (χ0) is 11.0. The van der Waals surface area contributed by atoms with Crippen LogP contribution in [0.5, 0.6) is 0 Å². The second kappa shape index (κ2) is 3.93. The first kappa shape index (κ1) is 10.6. The number of ketones is 1. The first-order valence-electron chi connectivity index (χ1n) is 5.43. The van der Waals surface area contributed by atoms with Gasteiger partial charge in [0.1, 0.15) is 5.78 Å². The minimum absolute atomic E-state index is 0.00528. The number of fused-ring (bicyclic) bond motifs is 2. The number of carbonyl (C=O) groups excluding carboxylic acids is 2. The molecule has 4 nitrogen and oxygen atoms in total. The van der Waals surface area contributed by atoms with Crippen molar-refractivity contribution in [2.24, 2.45) is 5.92 Å². The van der Waals surface area contributed by atoms with Crippen molar-refractivity contribution in [1.82, 2.24) is 4.90 Å². The van der Waals surface area contributed by atoms with Gasteiger partial charge in [0.05, 0.1) is 13.0 Å². The fourth-order valence-electron chi connectivity index (χ4n) is 2.81. The summed E-state index contributed by atoms with van der Waals surface area (Å²) in [6, 6.07) is 0.489. The molecule has 2 rings (SSSR count). The van der Waals surface area contributed by atoms with Crippen molar-refractivity contribution in [3.63, 3.8) is 0 Å². The zero-order valence-electron chi connectivity index (χ0n) is 9.23. The van der Waals surface area contributed by atoms with Gasteiger partial charge in [0.25, 0.3) is 0 Å². The van der Waals surface area contributed by atoms with Crippen LogP contribution in [0.15, 0.2) is 0 Å². The quantitative estimate of drug-likeness (QED) is 0.596. The number of carbonyl (C=O) groups is 2. The molecule has 0 aromatic carbocycles. The molecule has 4 heteroatoms. The van der Waals surface area contributed by atoms with Crippen LogP contribution >= 0.6 is 0 Å². The molecule has 0 aliphatic carbocycles. The molecule has 0 N–H and O–H groups in total. The maximum absolute atomic E-state index is 11.5. The molecule has 0 saturated carbocycles. The lowest BCUT2D eigenvalue weighted by Crippen LogP contribution is -2.53. The number of piperidine rings is 2. The fraction of sp³-hybridized carbons (Fsp3) is 0.818. The van der Waals surface area contributed by atoms with Crippen LogP contribution in [0.1, 0.15) is 25.7 Å². The smallest absolute Gasteiger partial charge is 0.308 e. The van der Waals surface area contributed by atoms with Gasteiger partial charge in [-0.1, -0.05) is 0 Å². The third kappa shape index (κ3) is 1.91. The van der Waals surface area contributed by atoms with E-state index in [1.54, 1.807) is 0 Å². The van der Waals surface area contributed by atoms with Crippen LogP contribution in [-0.4, -0.2) is 42.9 Å². The van der Waals surface area contributed by atoms with Crippen molar-refractivity contribution in [3.05, 3.63) is 0 Å². The van der Waals surface area contributed by atoms with Crippen LogP contribution in [0.4, 0.5) is 0 Å². The molecule has 2 bridgehead atoms. The molecule has 2 aliphatic heterocycles. The second-order valence-electron chi connectivity index (χ2n) is 4.61. The van der Waals surface area contributed by atoms with E-state index in [2.05, 4.69) is 11.9 Å². The van der Waals surface area contributed by atoms with Gasteiger partial charge in [-0.2, -0.15) is 0 Å². The molecule has 0 radical (unpaired) electrons. The number of ether oxygens (including phenoxy) is 1. The van der Waals surface area contributed by atoms with E-state index < -0.39 is 0 Å². The van der Waals surface area contributed by atoms with Crippen LogP contribution < -0.4 is 0 Å². The zero-order valence-corrected chi connectivity index (χ0v) is 9.23. The van der Waals surface area contributed by atoms with Gasteiger partial charge < -0.3 is 4.74 Å². The van der Waals surface area contributed by atoms with Gasteiger partial charge in [-0.15, -0.1) is 0 Å². The largest absolute Gasteiger partial charge is 0.469 e. The van der Waals surface area contributed by atoms with Crippen LogP contribution in [0.25, 0.3) is 0 Å². The van der Waals surface area contributed by atoms with Gasteiger partial charge in [-0.05, 0) is 19.9 Å². The molecule has 0 aromatic heterocycles. The van der Waals surface area contributed by atoms with Crippen molar-refractivity contribution >= 4 is 11.8 Å². The lowest BCUT2D eigenvalue weighted by atomic mass is 9.78. The average Bonchev–Trinajstić information content (AvgIpc) is 2.19. The second-order valence-corrected chi connectivity index (χ2v) is 4.61. The predicted octanol–water partition coefficient (Wildman–Crippen LogP) is 0.601. The van der Waals surface area contributed by atoms with E-state index in [-0.39, 0.29) is 24.0 Å². The molecule has 0 amide bonds. The maximum atomic E-state index is 11.5. The number of Topliss-reactive ketones (excluding diaryl/α,β-unsaturated/α-hetero) is 1. The Bertz CT molecular complexity index is 272. The van der Waals surface area contributed by atoms with Gasteiger partial charge in [-0.3, -0.25) is 14.5 Å². The summed E-state index contributed by atoms with van der Waals surface area (Å²) in [5.41, 5.74) is 0. The highest BCUT2D eigenvalue weighted by atomic mass is 16.5. The number of hydrogen-bond acceptors (Lipinski definition) is 4. The van der Waals surface area contributed by atoms with E-state index in [1.807, 2.05) is 0 Å². The number of nitrogens with zero attached hydrogens (tertiary/aromatic N) is 1. The summed E-state index contributed by atoms with van der Waals surface area (Å²) in [6.45, 7) is 0. The number of rotatable bonds is 1. The van der Waals surface area contributed by atoms with E-state index >= 15 is 0 Å². The lowest BCUT2D eigenvalue weighted by molar-refractivity contribution is -0.151. The summed E-state index contributed by atoms with van der Waals surface area (Å²) in [5, 5.41) is 0.